The highest BCUT2D eigenvalue weighted by Crippen LogP contribution is 2.28. The highest BCUT2D eigenvalue weighted by atomic mass is 32.2. The minimum absolute atomic E-state index is 0.362. The molecule has 1 aromatic heterocycles. The smallest absolute Gasteiger partial charge is 0.243 e. The number of nitrogens with zero attached hydrogens (tertiary/aromatic N) is 3. The van der Waals surface area contributed by atoms with E-state index in [1.54, 1.807) is 27.8 Å². The molecule has 1 saturated heterocycles. The van der Waals surface area contributed by atoms with Gasteiger partial charge in [-0.15, -0.1) is 11.3 Å². The van der Waals surface area contributed by atoms with Crippen LogP contribution in [0.15, 0.2) is 94.1 Å². The molecule has 37 heavy (non-hydrogen) atoms. The Hall–Kier alpha value is -3.00. The molecule has 0 atom stereocenters. The first-order chi connectivity index (χ1) is 17.9. The molecule has 2 heterocycles. The molecule has 5 nitrogen and oxygen atoms in total. The zero-order chi connectivity index (χ0) is 25.8. The Morgan fingerprint density at radius 2 is 1.59 bits per heavy atom. The first-order valence-corrected chi connectivity index (χ1v) is 15.2. The summed E-state index contributed by atoms with van der Waals surface area (Å²) in [5, 5.41) is 2.09. The normalized spacial score (nSPS) is 15.8. The topological polar surface area (TPSA) is 54.7 Å². The van der Waals surface area contributed by atoms with Crippen LogP contribution in [0.25, 0.3) is 11.3 Å². The molecular formula is C30H33N3O2S2. The number of sulfonamides is 1. The summed E-state index contributed by atoms with van der Waals surface area (Å²) in [6.07, 6.45) is 2.80. The molecule has 192 valence electrons. The number of aryl methyl sites for hydroxylation is 1. The lowest BCUT2D eigenvalue weighted by atomic mass is 9.91. The van der Waals surface area contributed by atoms with E-state index in [2.05, 4.69) is 60.2 Å². The minimum Gasteiger partial charge on any atom is -0.317 e. The minimum atomic E-state index is -3.50. The van der Waals surface area contributed by atoms with Crippen molar-refractivity contribution in [3.05, 3.63) is 100 Å². The maximum absolute atomic E-state index is 13.4. The molecule has 1 fully saturated rings. The van der Waals surface area contributed by atoms with Crippen LogP contribution in [0.2, 0.25) is 0 Å². The second kappa shape index (κ2) is 11.2. The van der Waals surface area contributed by atoms with Crippen molar-refractivity contribution in [2.45, 2.75) is 44.6 Å². The molecule has 1 aliphatic heterocycles. The molecule has 0 spiro atoms. The summed E-state index contributed by atoms with van der Waals surface area (Å²) in [5.74, 6) is 0.527. The summed E-state index contributed by atoms with van der Waals surface area (Å²) in [6, 6.07) is 26.0. The summed E-state index contributed by atoms with van der Waals surface area (Å²) < 4.78 is 30.5. The van der Waals surface area contributed by atoms with Gasteiger partial charge in [-0.1, -0.05) is 60.2 Å². The van der Waals surface area contributed by atoms with Gasteiger partial charge in [0.1, 0.15) is 0 Å². The predicted octanol–water partition coefficient (Wildman–Crippen LogP) is 6.42. The lowest BCUT2D eigenvalue weighted by molar-refractivity contribution is 0.273. The lowest BCUT2D eigenvalue weighted by Crippen LogP contribution is -2.38. The van der Waals surface area contributed by atoms with Crippen LogP contribution in [0.1, 0.15) is 30.9 Å². The standard InChI is InChI=1S/C30H33N3O2S2/c1-3-33-29(22-36-30(33)31-27-13-9-23(2)10-14-27)26-11-15-28(16-12-26)37(34,35)32-19-17-25(18-20-32)21-24-7-5-4-6-8-24/h4-16,22,25H,3,17-21H2,1-2H3. The fraction of sp³-hybridized carbons (Fsp3) is 0.300. The second-order valence-electron chi connectivity index (χ2n) is 9.66. The fourth-order valence-corrected chi connectivity index (χ4v) is 7.40. The molecular weight excluding hydrogens is 498 g/mol. The molecule has 0 saturated carbocycles. The first-order valence-electron chi connectivity index (χ1n) is 12.9. The number of rotatable bonds is 7. The Kier molecular flexibility index (Phi) is 7.74. The average Bonchev–Trinajstić information content (AvgIpc) is 3.33. The third kappa shape index (κ3) is 5.79. The molecule has 0 bridgehead atoms. The zero-order valence-electron chi connectivity index (χ0n) is 21.4. The summed E-state index contributed by atoms with van der Waals surface area (Å²) in [6.45, 7) is 6.10. The monoisotopic (exact) mass is 531 g/mol. The van der Waals surface area contributed by atoms with Gasteiger partial charge in [0.05, 0.1) is 16.3 Å². The Morgan fingerprint density at radius 1 is 0.919 bits per heavy atom. The quantitative estimate of drug-likeness (QED) is 0.276. The Morgan fingerprint density at radius 3 is 2.24 bits per heavy atom. The van der Waals surface area contributed by atoms with Crippen molar-refractivity contribution in [1.82, 2.24) is 8.87 Å². The maximum atomic E-state index is 13.4. The van der Waals surface area contributed by atoms with E-state index >= 15 is 0 Å². The van der Waals surface area contributed by atoms with E-state index in [9.17, 15) is 8.42 Å². The summed E-state index contributed by atoms with van der Waals surface area (Å²) >= 11 is 1.60. The third-order valence-electron chi connectivity index (χ3n) is 7.10. The van der Waals surface area contributed by atoms with E-state index in [4.69, 9.17) is 4.99 Å². The summed E-state index contributed by atoms with van der Waals surface area (Å²) in [7, 11) is -3.50. The van der Waals surface area contributed by atoms with Gasteiger partial charge >= 0.3 is 0 Å². The van der Waals surface area contributed by atoms with Crippen LogP contribution in [-0.4, -0.2) is 30.4 Å². The number of hydrogen-bond acceptors (Lipinski definition) is 4. The van der Waals surface area contributed by atoms with Crippen LogP contribution in [0, 0.1) is 12.8 Å². The highest BCUT2D eigenvalue weighted by Gasteiger charge is 2.29. The molecule has 0 radical (unpaired) electrons. The molecule has 7 heteroatoms. The van der Waals surface area contributed by atoms with Crippen molar-refractivity contribution in [2.24, 2.45) is 10.9 Å². The van der Waals surface area contributed by atoms with Gasteiger partial charge in [-0.25, -0.2) is 13.4 Å². The molecule has 0 N–H and O–H groups in total. The maximum Gasteiger partial charge on any atom is 0.243 e. The van der Waals surface area contributed by atoms with Crippen LogP contribution in [-0.2, 0) is 23.0 Å². The van der Waals surface area contributed by atoms with Gasteiger partial charge in [0.2, 0.25) is 10.0 Å². The van der Waals surface area contributed by atoms with Crippen molar-refractivity contribution in [3.63, 3.8) is 0 Å². The van der Waals surface area contributed by atoms with E-state index in [-0.39, 0.29) is 0 Å². The Labute approximate surface area is 223 Å². The number of aromatic nitrogens is 1. The number of piperidine rings is 1. The van der Waals surface area contributed by atoms with E-state index in [0.29, 0.717) is 23.9 Å². The molecule has 0 unspecified atom stereocenters. The largest absolute Gasteiger partial charge is 0.317 e. The van der Waals surface area contributed by atoms with Crippen molar-refractivity contribution in [1.29, 1.82) is 0 Å². The number of benzene rings is 3. The van der Waals surface area contributed by atoms with E-state index < -0.39 is 10.0 Å². The van der Waals surface area contributed by atoms with Crippen LogP contribution < -0.4 is 4.80 Å². The molecule has 0 amide bonds. The highest BCUT2D eigenvalue weighted by molar-refractivity contribution is 7.89. The van der Waals surface area contributed by atoms with Gasteiger partial charge in [-0.05, 0) is 74.4 Å². The number of thiazole rings is 1. The predicted molar refractivity (Wildman–Crippen MR) is 151 cm³/mol. The third-order valence-corrected chi connectivity index (χ3v) is 9.88. The number of hydrogen-bond donors (Lipinski definition) is 0. The Bertz CT molecular complexity index is 1500. The van der Waals surface area contributed by atoms with Crippen molar-refractivity contribution >= 4 is 27.0 Å². The second-order valence-corrected chi connectivity index (χ2v) is 12.4. The van der Waals surface area contributed by atoms with Crippen LogP contribution >= 0.6 is 11.3 Å². The summed E-state index contributed by atoms with van der Waals surface area (Å²) in [4.78, 5) is 6.12. The van der Waals surface area contributed by atoms with E-state index in [0.717, 1.165) is 47.6 Å². The molecule has 0 aliphatic carbocycles. The SMILES string of the molecule is CCn1c(-c2ccc(S(=O)(=O)N3CCC(Cc4ccccc4)CC3)cc2)csc1=Nc1ccc(C)cc1. The van der Waals surface area contributed by atoms with Crippen molar-refractivity contribution in [2.75, 3.05) is 13.1 Å². The summed E-state index contributed by atoms with van der Waals surface area (Å²) in [5.41, 5.74) is 5.50. The van der Waals surface area contributed by atoms with Gasteiger partial charge in [0, 0.05) is 25.0 Å². The van der Waals surface area contributed by atoms with Crippen LogP contribution in [0.4, 0.5) is 5.69 Å². The van der Waals surface area contributed by atoms with Crippen molar-refractivity contribution in [3.8, 4) is 11.3 Å². The molecule has 1 aliphatic rings. The average molecular weight is 532 g/mol. The van der Waals surface area contributed by atoms with E-state index in [1.165, 1.54) is 11.1 Å². The van der Waals surface area contributed by atoms with Gasteiger partial charge in [-0.2, -0.15) is 4.31 Å². The van der Waals surface area contributed by atoms with E-state index in [1.807, 2.05) is 30.3 Å². The van der Waals surface area contributed by atoms with Crippen molar-refractivity contribution < 1.29 is 8.42 Å². The van der Waals surface area contributed by atoms with Gasteiger partial charge in [0.25, 0.3) is 0 Å². The van der Waals surface area contributed by atoms with Gasteiger partial charge in [-0.3, -0.25) is 0 Å². The Balaban J connectivity index is 1.30. The zero-order valence-corrected chi connectivity index (χ0v) is 23.0. The fourth-order valence-electron chi connectivity index (χ4n) is 4.93. The van der Waals surface area contributed by atoms with Crippen LogP contribution in [0.5, 0.6) is 0 Å². The first kappa shape index (κ1) is 25.6. The molecule has 3 aromatic carbocycles. The van der Waals surface area contributed by atoms with Crippen LogP contribution in [0.3, 0.4) is 0 Å². The lowest BCUT2D eigenvalue weighted by Gasteiger charge is -2.31. The molecule has 5 rings (SSSR count). The van der Waals surface area contributed by atoms with Gasteiger partial charge < -0.3 is 4.57 Å². The van der Waals surface area contributed by atoms with Gasteiger partial charge in [0.15, 0.2) is 4.80 Å². The molecule has 4 aromatic rings.